The van der Waals surface area contributed by atoms with Crippen molar-refractivity contribution >= 4 is 16.1 Å². The van der Waals surface area contributed by atoms with E-state index in [-0.39, 0.29) is 38.0 Å². The average molecular weight is 711 g/mol. The molecule has 0 saturated heterocycles. The summed E-state index contributed by atoms with van der Waals surface area (Å²) in [6.07, 6.45) is -0.178. The van der Waals surface area contributed by atoms with Crippen LogP contribution in [0.15, 0.2) is 48.5 Å². The lowest BCUT2D eigenvalue weighted by Crippen LogP contribution is -3.61. The highest BCUT2D eigenvalue weighted by atomic mass is 127. The van der Waals surface area contributed by atoms with Crippen LogP contribution in [0, 0.1) is 13.1 Å². The lowest BCUT2D eigenvalue weighted by Gasteiger charge is -2.24. The topological polar surface area (TPSA) is 83.5 Å². The van der Waals surface area contributed by atoms with Gasteiger partial charge in [0.25, 0.3) is 0 Å². The number of carbonyl (C=O) groups excluding carboxylic acids is 1. The van der Waals surface area contributed by atoms with Gasteiger partial charge < -0.3 is 9.29 Å². The highest BCUT2D eigenvalue weighted by molar-refractivity contribution is 7.86. The Labute approximate surface area is 253 Å². The van der Waals surface area contributed by atoms with Crippen molar-refractivity contribution in [3.8, 4) is 0 Å². The number of hydrogen-bond donors (Lipinski definition) is 0. The molecule has 1 atom stereocenters. The van der Waals surface area contributed by atoms with Crippen LogP contribution < -0.4 is 21.2 Å². The van der Waals surface area contributed by atoms with E-state index in [2.05, 4.69) is 94.8 Å². The maximum Gasteiger partial charge on any atom is 0.364 e. The van der Waals surface area contributed by atoms with E-state index in [1.165, 1.54) is 18.3 Å². The van der Waals surface area contributed by atoms with E-state index in [0.717, 1.165) is 19.3 Å². The molecule has 1 aliphatic rings. The molecule has 0 amide bonds. The molecule has 1 saturated carbocycles. The zero-order valence-corrected chi connectivity index (χ0v) is 27.7. The van der Waals surface area contributed by atoms with Gasteiger partial charge in [-0.25, -0.2) is 12.8 Å². The predicted molar refractivity (Wildman–Crippen MR) is 149 cm³/mol. The Bertz CT molecular complexity index is 1160. The van der Waals surface area contributed by atoms with Crippen molar-refractivity contribution in [2.45, 2.75) is 102 Å². The summed E-state index contributed by atoms with van der Waals surface area (Å²) < 4.78 is 76.8. The molecule has 0 N–H and O–H groups in total. The Morgan fingerprint density at radius 1 is 0.878 bits per heavy atom. The number of benzene rings is 2. The lowest BCUT2D eigenvalue weighted by molar-refractivity contribution is -0.597. The first kappa shape index (κ1) is 35.5. The summed E-state index contributed by atoms with van der Waals surface area (Å²) in [5, 5.41) is -5.01. The van der Waals surface area contributed by atoms with Crippen LogP contribution in [0.3, 0.4) is 0 Å². The van der Waals surface area contributed by atoms with Crippen molar-refractivity contribution in [2.24, 2.45) is 5.92 Å². The van der Waals surface area contributed by atoms with Crippen molar-refractivity contribution < 1.29 is 56.9 Å². The molecule has 0 aliphatic heterocycles. The van der Waals surface area contributed by atoms with Gasteiger partial charge in [-0.1, -0.05) is 85.1 Å². The number of rotatable bonds is 8. The van der Waals surface area contributed by atoms with E-state index >= 15 is 0 Å². The zero-order chi connectivity index (χ0) is 31.1. The predicted octanol–water partition coefficient (Wildman–Crippen LogP) is 4.39. The summed E-state index contributed by atoms with van der Waals surface area (Å²) in [5.74, 6) is -0.907. The quantitative estimate of drug-likeness (QED) is 0.231. The van der Waals surface area contributed by atoms with Crippen molar-refractivity contribution in [3.05, 3.63) is 66.8 Å². The van der Waals surface area contributed by atoms with Crippen LogP contribution in [-0.2, 0) is 30.5 Å². The van der Waals surface area contributed by atoms with E-state index in [9.17, 15) is 30.9 Å². The van der Waals surface area contributed by atoms with Gasteiger partial charge >= 0.3 is 32.4 Å². The highest BCUT2D eigenvalue weighted by Crippen LogP contribution is 2.30. The molecule has 2 aromatic rings. The van der Waals surface area contributed by atoms with E-state index in [1.54, 1.807) is 0 Å². The summed E-state index contributed by atoms with van der Waals surface area (Å²) in [5.41, 5.74) is 3.31. The van der Waals surface area contributed by atoms with Gasteiger partial charge in [0.15, 0.2) is 23.4 Å². The second kappa shape index (κ2) is 14.7. The van der Waals surface area contributed by atoms with Gasteiger partial charge in [0, 0.05) is 6.42 Å². The fourth-order valence-electron chi connectivity index (χ4n) is 4.20. The Balaban J connectivity index is 0.000000287. The standard InChI is InChI=1S/C20H26I.C11H17F3O5S/c1-19(2,3)15-7-11-17(12-8-15)21-18-13-9-16(10-14-18)20(4,5)6;12-9(11(13,14)20(16,17)18)6-7-19-10(15)8-4-2-1-3-5-8/h7-14H,1-6H3;8-9H,1-7H2,(H,16,17,18)/q+1;/p-1. The molecule has 1 fully saturated rings. The molecule has 2 aromatic carbocycles. The summed E-state index contributed by atoms with van der Waals surface area (Å²) in [4.78, 5) is 11.5. The fourth-order valence-corrected chi connectivity index (χ4v) is 6.78. The number of carbonyl (C=O) groups is 1. The van der Waals surface area contributed by atoms with Crippen LogP contribution in [0.1, 0.15) is 91.2 Å². The first-order valence-electron chi connectivity index (χ1n) is 13.8. The maximum absolute atomic E-state index is 13.0. The molecule has 230 valence electrons. The molecule has 1 aliphatic carbocycles. The number of alkyl halides is 3. The van der Waals surface area contributed by atoms with E-state index in [4.69, 9.17) is 0 Å². The van der Waals surface area contributed by atoms with Gasteiger partial charge in [-0.3, -0.25) is 4.79 Å². The zero-order valence-electron chi connectivity index (χ0n) is 24.7. The summed E-state index contributed by atoms with van der Waals surface area (Å²) in [6, 6.07) is 18.4. The molecule has 0 radical (unpaired) electrons. The molecule has 0 heterocycles. The van der Waals surface area contributed by atoms with Gasteiger partial charge in [-0.05, 0) is 59.1 Å². The normalized spacial score (nSPS) is 16.0. The van der Waals surface area contributed by atoms with Crippen LogP contribution in [-0.4, -0.2) is 37.0 Å². The Kier molecular flexibility index (Phi) is 12.7. The van der Waals surface area contributed by atoms with Crippen molar-refractivity contribution in [1.29, 1.82) is 0 Å². The van der Waals surface area contributed by atoms with Gasteiger partial charge in [0.05, 0.1) is 12.5 Å². The van der Waals surface area contributed by atoms with Crippen LogP contribution >= 0.6 is 0 Å². The molecule has 3 rings (SSSR count). The largest absolute Gasteiger partial charge is 0.743 e. The van der Waals surface area contributed by atoms with Gasteiger partial charge in [0.1, 0.15) is 0 Å². The molecule has 0 spiro atoms. The molecule has 0 aromatic heterocycles. The van der Waals surface area contributed by atoms with E-state index in [0.29, 0.717) is 12.8 Å². The van der Waals surface area contributed by atoms with Gasteiger partial charge in [-0.2, -0.15) is 8.78 Å². The fraction of sp³-hybridized carbons (Fsp3) is 0.581. The second-order valence-corrected chi connectivity index (χ2v) is 16.9. The third-order valence-electron chi connectivity index (χ3n) is 6.89. The molecule has 1 unspecified atom stereocenters. The summed E-state index contributed by atoms with van der Waals surface area (Å²) in [6.45, 7) is 12.9. The molecule has 10 heteroatoms. The summed E-state index contributed by atoms with van der Waals surface area (Å²) >= 11 is -0.0703. The maximum atomic E-state index is 13.0. The minimum absolute atomic E-state index is 0.0703. The van der Waals surface area contributed by atoms with E-state index in [1.807, 2.05) is 0 Å². The van der Waals surface area contributed by atoms with Crippen molar-refractivity contribution in [3.63, 3.8) is 0 Å². The van der Waals surface area contributed by atoms with Crippen molar-refractivity contribution in [1.82, 2.24) is 0 Å². The van der Waals surface area contributed by atoms with Crippen LogP contribution in [0.5, 0.6) is 0 Å². The smallest absolute Gasteiger partial charge is 0.364 e. The minimum Gasteiger partial charge on any atom is -0.743 e. The lowest BCUT2D eigenvalue weighted by atomic mass is 9.87. The highest BCUT2D eigenvalue weighted by Gasteiger charge is 2.47. The molecular formula is C31H42F3IO5S. The Hall–Kier alpha value is -1.66. The van der Waals surface area contributed by atoms with Crippen molar-refractivity contribution in [2.75, 3.05) is 6.61 Å². The monoisotopic (exact) mass is 710 g/mol. The van der Waals surface area contributed by atoms with E-state index < -0.39 is 40.5 Å². The second-order valence-electron chi connectivity index (χ2n) is 12.4. The number of hydrogen-bond acceptors (Lipinski definition) is 5. The molecule has 41 heavy (non-hydrogen) atoms. The van der Waals surface area contributed by atoms with Crippen LogP contribution in [0.4, 0.5) is 13.2 Å². The number of halogens is 4. The Morgan fingerprint density at radius 2 is 1.29 bits per heavy atom. The first-order chi connectivity index (χ1) is 18.8. The average Bonchev–Trinajstić information content (AvgIpc) is 2.88. The van der Waals surface area contributed by atoms with Gasteiger partial charge in [-0.15, -0.1) is 0 Å². The summed E-state index contributed by atoms with van der Waals surface area (Å²) in [7, 11) is -6.07. The third kappa shape index (κ3) is 11.2. The first-order valence-corrected chi connectivity index (χ1v) is 17.4. The number of esters is 1. The minimum atomic E-state index is -6.07. The molecular weight excluding hydrogens is 668 g/mol. The molecule has 5 nitrogen and oxygen atoms in total. The van der Waals surface area contributed by atoms with Crippen LogP contribution in [0.25, 0.3) is 0 Å². The molecule has 0 bridgehead atoms. The third-order valence-corrected chi connectivity index (χ3v) is 10.5. The van der Waals surface area contributed by atoms with Crippen LogP contribution in [0.2, 0.25) is 0 Å². The Morgan fingerprint density at radius 3 is 1.66 bits per heavy atom. The number of ether oxygens (including phenoxy) is 1. The SMILES string of the molecule is CC(C)(C)c1ccc([I+]c2ccc(C(C)(C)C)cc2)cc1.O=C(OCCC(F)C(F)(F)S(=O)(=O)[O-])C1CCCCC1. The van der Waals surface area contributed by atoms with Gasteiger partial charge in [0.2, 0.25) is 0 Å².